The van der Waals surface area contributed by atoms with Gasteiger partial charge in [-0.05, 0) is 36.8 Å². The molecule has 0 aliphatic heterocycles. The number of aromatic hydroxyl groups is 1. The van der Waals surface area contributed by atoms with Crippen LogP contribution in [0.4, 0.5) is 0 Å². The van der Waals surface area contributed by atoms with Gasteiger partial charge in [0.25, 0.3) is 5.56 Å². The highest BCUT2D eigenvalue weighted by Crippen LogP contribution is 2.17. The summed E-state index contributed by atoms with van der Waals surface area (Å²) in [5.41, 5.74) is 0.684. The van der Waals surface area contributed by atoms with Gasteiger partial charge in [0.15, 0.2) is 5.88 Å². The van der Waals surface area contributed by atoms with Gasteiger partial charge in [-0.25, -0.2) is 4.57 Å². The average molecular weight is 251 g/mol. The summed E-state index contributed by atoms with van der Waals surface area (Å²) in [4.78, 5) is 12.1. The molecular formula is C14H9N3O2. The fourth-order valence-electron chi connectivity index (χ4n) is 1.79. The van der Waals surface area contributed by atoms with E-state index in [-0.39, 0.29) is 11.4 Å². The number of nitrogens with zero attached hydrogens (tertiary/aromatic N) is 3. The number of hydrogen-bond acceptors (Lipinski definition) is 4. The maximum atomic E-state index is 12.1. The summed E-state index contributed by atoms with van der Waals surface area (Å²) in [6.07, 6.45) is 0. The second-order valence-corrected chi connectivity index (χ2v) is 3.97. The highest BCUT2D eigenvalue weighted by Gasteiger charge is 2.12. The van der Waals surface area contributed by atoms with E-state index in [4.69, 9.17) is 10.5 Å². The smallest absolute Gasteiger partial charge is 0.276 e. The maximum absolute atomic E-state index is 12.1. The Labute approximate surface area is 109 Å². The summed E-state index contributed by atoms with van der Waals surface area (Å²) in [6, 6.07) is 11.3. The van der Waals surface area contributed by atoms with E-state index >= 15 is 0 Å². The van der Waals surface area contributed by atoms with Gasteiger partial charge in [0.05, 0.1) is 17.3 Å². The lowest BCUT2D eigenvalue weighted by Gasteiger charge is -2.10. The Hall–Kier alpha value is -3.05. The van der Waals surface area contributed by atoms with Crippen molar-refractivity contribution in [3.05, 3.63) is 57.4 Å². The second kappa shape index (κ2) is 4.67. The van der Waals surface area contributed by atoms with Gasteiger partial charge in [-0.15, -0.1) is 0 Å². The van der Waals surface area contributed by atoms with Crippen LogP contribution in [0, 0.1) is 29.6 Å². The minimum atomic E-state index is -0.579. The Morgan fingerprint density at radius 2 is 1.79 bits per heavy atom. The lowest BCUT2D eigenvalue weighted by Crippen LogP contribution is -2.22. The molecule has 2 aromatic rings. The van der Waals surface area contributed by atoms with Gasteiger partial charge in [0, 0.05) is 6.07 Å². The lowest BCUT2D eigenvalue weighted by atomic mass is 10.1. The summed E-state index contributed by atoms with van der Waals surface area (Å²) < 4.78 is 1.03. The average Bonchev–Trinajstić information content (AvgIpc) is 2.39. The van der Waals surface area contributed by atoms with Gasteiger partial charge in [0.1, 0.15) is 11.6 Å². The van der Waals surface area contributed by atoms with Crippen LogP contribution in [0.25, 0.3) is 5.69 Å². The molecule has 0 atom stereocenters. The summed E-state index contributed by atoms with van der Waals surface area (Å²) >= 11 is 0. The molecule has 0 radical (unpaired) electrons. The second-order valence-electron chi connectivity index (χ2n) is 3.97. The molecule has 2 rings (SSSR count). The molecule has 0 bridgehead atoms. The molecule has 5 nitrogen and oxygen atoms in total. The molecule has 1 aromatic heterocycles. The van der Waals surface area contributed by atoms with E-state index in [2.05, 4.69) is 0 Å². The number of aryl methyl sites for hydroxylation is 1. The zero-order valence-corrected chi connectivity index (χ0v) is 10.1. The third kappa shape index (κ3) is 2.05. The van der Waals surface area contributed by atoms with E-state index in [0.29, 0.717) is 16.8 Å². The molecule has 1 aromatic carbocycles. The zero-order chi connectivity index (χ0) is 14.0. The molecule has 0 spiro atoms. The van der Waals surface area contributed by atoms with Crippen molar-refractivity contribution < 1.29 is 5.11 Å². The Kier molecular flexibility index (Phi) is 3.05. The molecule has 19 heavy (non-hydrogen) atoms. The highest BCUT2D eigenvalue weighted by atomic mass is 16.3. The molecule has 1 N–H and O–H groups in total. The number of benzene rings is 1. The topological polar surface area (TPSA) is 89.8 Å². The summed E-state index contributed by atoms with van der Waals surface area (Å²) in [5.74, 6) is -0.244. The van der Waals surface area contributed by atoms with Gasteiger partial charge in [0.2, 0.25) is 0 Å². The van der Waals surface area contributed by atoms with E-state index in [9.17, 15) is 9.90 Å². The van der Waals surface area contributed by atoms with Crippen LogP contribution in [-0.4, -0.2) is 9.67 Å². The van der Waals surface area contributed by atoms with Gasteiger partial charge in [-0.1, -0.05) is 0 Å². The molecule has 0 fully saturated rings. The van der Waals surface area contributed by atoms with E-state index in [1.165, 1.54) is 30.3 Å². The molecule has 5 heteroatoms. The van der Waals surface area contributed by atoms with Crippen LogP contribution < -0.4 is 5.56 Å². The first kappa shape index (κ1) is 12.4. The third-order valence-corrected chi connectivity index (χ3v) is 2.75. The minimum absolute atomic E-state index is 0.0119. The van der Waals surface area contributed by atoms with Crippen molar-refractivity contribution in [1.29, 1.82) is 10.5 Å². The van der Waals surface area contributed by atoms with Gasteiger partial charge in [-0.3, -0.25) is 4.79 Å². The Bertz CT molecular complexity index is 775. The first-order valence-corrected chi connectivity index (χ1v) is 5.44. The van der Waals surface area contributed by atoms with Crippen LogP contribution in [0.1, 0.15) is 16.7 Å². The molecule has 92 valence electrons. The SMILES string of the molecule is Cc1cc(O)n(-c2ccc(C#N)cc2)c(=O)c1C#N. The van der Waals surface area contributed by atoms with Crippen LogP contribution >= 0.6 is 0 Å². The van der Waals surface area contributed by atoms with Gasteiger partial charge >= 0.3 is 0 Å². The molecule has 0 aliphatic rings. The Morgan fingerprint density at radius 3 is 2.32 bits per heavy atom. The third-order valence-electron chi connectivity index (χ3n) is 2.75. The lowest BCUT2D eigenvalue weighted by molar-refractivity contribution is 0.434. The van der Waals surface area contributed by atoms with Crippen molar-refractivity contribution in [2.45, 2.75) is 6.92 Å². The van der Waals surface area contributed by atoms with Crippen LogP contribution in [0.3, 0.4) is 0 Å². The quantitative estimate of drug-likeness (QED) is 0.833. The minimum Gasteiger partial charge on any atom is -0.494 e. The summed E-state index contributed by atoms with van der Waals surface area (Å²) in [5, 5.41) is 27.5. The van der Waals surface area contributed by atoms with Gasteiger partial charge in [-0.2, -0.15) is 10.5 Å². The van der Waals surface area contributed by atoms with E-state index in [1.54, 1.807) is 6.92 Å². The predicted molar refractivity (Wildman–Crippen MR) is 67.9 cm³/mol. The van der Waals surface area contributed by atoms with Crippen LogP contribution in [-0.2, 0) is 0 Å². The van der Waals surface area contributed by atoms with Crippen LogP contribution in [0.5, 0.6) is 5.88 Å². The zero-order valence-electron chi connectivity index (χ0n) is 10.1. The highest BCUT2D eigenvalue weighted by molar-refractivity contribution is 5.46. The number of hydrogen-bond donors (Lipinski definition) is 1. The maximum Gasteiger partial charge on any atom is 0.276 e. The van der Waals surface area contributed by atoms with Crippen molar-refractivity contribution in [1.82, 2.24) is 4.57 Å². The monoisotopic (exact) mass is 251 g/mol. The molecular weight excluding hydrogens is 242 g/mol. The Balaban J connectivity index is 2.73. The number of rotatable bonds is 1. The standard InChI is InChI=1S/C14H9N3O2/c1-9-6-13(18)17(14(19)12(9)8-16)11-4-2-10(7-15)3-5-11/h2-6,18H,1H3. The van der Waals surface area contributed by atoms with Gasteiger partial charge < -0.3 is 5.11 Å². The van der Waals surface area contributed by atoms with E-state index < -0.39 is 5.56 Å². The van der Waals surface area contributed by atoms with Crippen molar-refractivity contribution in [3.63, 3.8) is 0 Å². The molecule has 0 amide bonds. The fraction of sp³-hybridized carbons (Fsp3) is 0.0714. The predicted octanol–water partition coefficient (Wildman–Crippen LogP) is 1.59. The van der Waals surface area contributed by atoms with E-state index in [0.717, 1.165) is 4.57 Å². The van der Waals surface area contributed by atoms with E-state index in [1.807, 2.05) is 12.1 Å². The Morgan fingerprint density at radius 1 is 1.16 bits per heavy atom. The normalized spacial score (nSPS) is 9.63. The number of aromatic nitrogens is 1. The van der Waals surface area contributed by atoms with Crippen LogP contribution in [0.2, 0.25) is 0 Å². The number of pyridine rings is 1. The van der Waals surface area contributed by atoms with Crippen molar-refractivity contribution in [3.8, 4) is 23.7 Å². The van der Waals surface area contributed by atoms with Crippen LogP contribution in [0.15, 0.2) is 35.1 Å². The first-order chi connectivity index (χ1) is 9.08. The first-order valence-electron chi connectivity index (χ1n) is 5.44. The number of nitriles is 2. The summed E-state index contributed by atoms with van der Waals surface area (Å²) in [7, 11) is 0. The molecule has 1 heterocycles. The molecule has 0 saturated heterocycles. The fourth-order valence-corrected chi connectivity index (χ4v) is 1.79. The molecule has 0 unspecified atom stereocenters. The van der Waals surface area contributed by atoms with Crippen molar-refractivity contribution >= 4 is 0 Å². The molecule has 0 saturated carbocycles. The van der Waals surface area contributed by atoms with Crippen molar-refractivity contribution in [2.24, 2.45) is 0 Å². The van der Waals surface area contributed by atoms with Crippen molar-refractivity contribution in [2.75, 3.05) is 0 Å². The largest absolute Gasteiger partial charge is 0.494 e. The molecule has 0 aliphatic carbocycles. The summed E-state index contributed by atoms with van der Waals surface area (Å²) in [6.45, 7) is 1.59.